The second-order valence-corrected chi connectivity index (χ2v) is 4.80. The average Bonchev–Trinajstić information content (AvgIpc) is 2.90. The fraction of sp³-hybridized carbons (Fsp3) is 0.417. The molecule has 0 aliphatic rings. The quantitative estimate of drug-likeness (QED) is 0.859. The van der Waals surface area contributed by atoms with Crippen LogP contribution in [0.3, 0.4) is 0 Å². The van der Waals surface area contributed by atoms with Crippen molar-refractivity contribution in [2.45, 2.75) is 32.9 Å². The summed E-state index contributed by atoms with van der Waals surface area (Å²) < 4.78 is 2.16. The van der Waals surface area contributed by atoms with E-state index in [1.807, 2.05) is 12.4 Å². The number of aryl methyl sites for hydroxylation is 1. The van der Waals surface area contributed by atoms with E-state index in [0.717, 1.165) is 18.9 Å². The molecule has 4 heteroatoms. The lowest BCUT2D eigenvalue weighted by Crippen LogP contribution is -2.10. The third-order valence-corrected chi connectivity index (χ3v) is 3.55. The minimum absolute atomic E-state index is 0.318. The van der Waals surface area contributed by atoms with Crippen LogP contribution < -0.4 is 5.32 Å². The first-order chi connectivity index (χ1) is 7.81. The molecular weight excluding hydrogens is 218 g/mol. The van der Waals surface area contributed by atoms with Crippen molar-refractivity contribution in [1.29, 1.82) is 0 Å². The predicted molar refractivity (Wildman–Crippen MR) is 68.9 cm³/mol. The number of hydrogen-bond acceptors (Lipinski definition) is 3. The average molecular weight is 235 g/mol. The van der Waals surface area contributed by atoms with Gasteiger partial charge in [-0.2, -0.15) is 0 Å². The molecule has 1 unspecified atom stereocenters. The van der Waals surface area contributed by atoms with Crippen molar-refractivity contribution in [1.82, 2.24) is 9.55 Å². The molecular formula is C12H17N3S. The van der Waals surface area contributed by atoms with E-state index in [0.29, 0.717) is 6.04 Å². The number of anilines is 1. The monoisotopic (exact) mass is 235 g/mol. The topological polar surface area (TPSA) is 29.9 Å². The molecule has 16 heavy (non-hydrogen) atoms. The van der Waals surface area contributed by atoms with Crippen LogP contribution in [0.2, 0.25) is 0 Å². The van der Waals surface area contributed by atoms with Gasteiger partial charge in [0.2, 0.25) is 5.95 Å². The maximum atomic E-state index is 4.34. The van der Waals surface area contributed by atoms with Gasteiger partial charge in [-0.3, -0.25) is 0 Å². The molecule has 0 saturated carbocycles. The Morgan fingerprint density at radius 1 is 1.56 bits per heavy atom. The van der Waals surface area contributed by atoms with E-state index in [9.17, 15) is 0 Å². The number of nitrogens with zero attached hydrogens (tertiary/aromatic N) is 2. The van der Waals surface area contributed by atoms with Gasteiger partial charge in [-0.1, -0.05) is 13.0 Å². The van der Waals surface area contributed by atoms with Gasteiger partial charge in [0, 0.05) is 23.8 Å². The fourth-order valence-electron chi connectivity index (χ4n) is 1.67. The Bertz CT molecular complexity index is 419. The SMILES string of the molecule is CCCn1ccnc1NC(C)c1cccs1. The van der Waals surface area contributed by atoms with Crippen molar-refractivity contribution in [3.05, 3.63) is 34.8 Å². The molecule has 0 aliphatic carbocycles. The van der Waals surface area contributed by atoms with Gasteiger partial charge in [-0.25, -0.2) is 4.98 Å². The van der Waals surface area contributed by atoms with Crippen molar-refractivity contribution in [2.75, 3.05) is 5.32 Å². The van der Waals surface area contributed by atoms with Crippen LogP contribution >= 0.6 is 11.3 Å². The summed E-state index contributed by atoms with van der Waals surface area (Å²) in [7, 11) is 0. The highest BCUT2D eigenvalue weighted by atomic mass is 32.1. The molecule has 0 bridgehead atoms. The molecule has 0 radical (unpaired) electrons. The summed E-state index contributed by atoms with van der Waals surface area (Å²) in [4.78, 5) is 5.68. The number of imidazole rings is 1. The number of nitrogens with one attached hydrogen (secondary N) is 1. The molecule has 2 aromatic heterocycles. The van der Waals surface area contributed by atoms with Crippen molar-refractivity contribution >= 4 is 17.3 Å². The zero-order valence-electron chi connectivity index (χ0n) is 9.68. The minimum Gasteiger partial charge on any atom is -0.348 e. The summed E-state index contributed by atoms with van der Waals surface area (Å²) in [5.41, 5.74) is 0. The maximum Gasteiger partial charge on any atom is 0.203 e. The first-order valence-corrected chi connectivity index (χ1v) is 6.50. The highest BCUT2D eigenvalue weighted by molar-refractivity contribution is 7.10. The van der Waals surface area contributed by atoms with Gasteiger partial charge in [0.25, 0.3) is 0 Å². The second kappa shape index (κ2) is 5.16. The summed E-state index contributed by atoms with van der Waals surface area (Å²) in [5, 5.41) is 5.54. The summed E-state index contributed by atoms with van der Waals surface area (Å²) in [6.07, 6.45) is 4.99. The molecule has 2 heterocycles. The van der Waals surface area contributed by atoms with Gasteiger partial charge < -0.3 is 9.88 Å². The van der Waals surface area contributed by atoms with Gasteiger partial charge in [0.1, 0.15) is 0 Å². The standard InChI is InChI=1S/C12H17N3S/c1-3-7-15-8-6-13-12(15)14-10(2)11-5-4-9-16-11/h4-6,8-10H,3,7H2,1-2H3,(H,13,14). The minimum atomic E-state index is 0.318. The van der Waals surface area contributed by atoms with Gasteiger partial charge in [0.05, 0.1) is 6.04 Å². The lowest BCUT2D eigenvalue weighted by molar-refractivity contribution is 0.675. The van der Waals surface area contributed by atoms with Crippen molar-refractivity contribution in [3.63, 3.8) is 0 Å². The molecule has 2 rings (SSSR count). The van der Waals surface area contributed by atoms with Crippen LogP contribution in [0.5, 0.6) is 0 Å². The molecule has 1 atom stereocenters. The molecule has 2 aromatic rings. The Balaban J connectivity index is 2.06. The van der Waals surface area contributed by atoms with Gasteiger partial charge in [-0.05, 0) is 24.8 Å². The highest BCUT2D eigenvalue weighted by Gasteiger charge is 2.09. The normalized spacial score (nSPS) is 12.6. The van der Waals surface area contributed by atoms with Crippen molar-refractivity contribution in [3.8, 4) is 0 Å². The molecule has 3 nitrogen and oxygen atoms in total. The second-order valence-electron chi connectivity index (χ2n) is 3.83. The molecule has 0 aromatic carbocycles. The van der Waals surface area contributed by atoms with Gasteiger partial charge >= 0.3 is 0 Å². The summed E-state index contributed by atoms with van der Waals surface area (Å²) in [5.74, 6) is 0.961. The zero-order chi connectivity index (χ0) is 11.4. The maximum absolute atomic E-state index is 4.34. The first kappa shape index (κ1) is 11.2. The Morgan fingerprint density at radius 2 is 2.44 bits per heavy atom. The number of aromatic nitrogens is 2. The lowest BCUT2D eigenvalue weighted by Gasteiger charge is -2.14. The van der Waals surface area contributed by atoms with Crippen molar-refractivity contribution in [2.24, 2.45) is 0 Å². The largest absolute Gasteiger partial charge is 0.348 e. The molecule has 0 aliphatic heterocycles. The van der Waals surface area contributed by atoms with Crippen LogP contribution in [-0.4, -0.2) is 9.55 Å². The predicted octanol–water partition coefficient (Wildman–Crippen LogP) is 3.53. The first-order valence-electron chi connectivity index (χ1n) is 5.62. The zero-order valence-corrected chi connectivity index (χ0v) is 10.5. The van der Waals surface area contributed by atoms with E-state index in [4.69, 9.17) is 0 Å². The van der Waals surface area contributed by atoms with E-state index in [2.05, 4.69) is 46.2 Å². The van der Waals surface area contributed by atoms with Crippen LogP contribution in [0.4, 0.5) is 5.95 Å². The van der Waals surface area contributed by atoms with E-state index in [-0.39, 0.29) is 0 Å². The molecule has 0 amide bonds. The number of rotatable bonds is 5. The molecule has 86 valence electrons. The Kier molecular flexibility index (Phi) is 3.62. The molecule has 0 saturated heterocycles. The smallest absolute Gasteiger partial charge is 0.203 e. The molecule has 0 fully saturated rings. The van der Waals surface area contributed by atoms with Crippen LogP contribution in [0.15, 0.2) is 29.9 Å². The third kappa shape index (κ3) is 2.44. The van der Waals surface area contributed by atoms with E-state index >= 15 is 0 Å². The van der Waals surface area contributed by atoms with E-state index < -0.39 is 0 Å². The summed E-state index contributed by atoms with van der Waals surface area (Å²) in [6, 6.07) is 4.55. The third-order valence-electron chi connectivity index (χ3n) is 2.50. The number of thiophene rings is 1. The highest BCUT2D eigenvalue weighted by Crippen LogP contribution is 2.22. The summed E-state index contributed by atoms with van der Waals surface area (Å²) in [6.45, 7) is 5.35. The Labute approximate surface area is 100 Å². The van der Waals surface area contributed by atoms with Crippen molar-refractivity contribution < 1.29 is 0 Å². The van der Waals surface area contributed by atoms with Crippen LogP contribution in [-0.2, 0) is 6.54 Å². The van der Waals surface area contributed by atoms with E-state index in [1.54, 1.807) is 11.3 Å². The lowest BCUT2D eigenvalue weighted by atomic mass is 10.3. The fourth-order valence-corrected chi connectivity index (χ4v) is 2.41. The number of hydrogen-bond donors (Lipinski definition) is 1. The molecule has 1 N–H and O–H groups in total. The Morgan fingerprint density at radius 3 is 3.12 bits per heavy atom. The van der Waals surface area contributed by atoms with Crippen LogP contribution in [0.1, 0.15) is 31.2 Å². The Hall–Kier alpha value is -1.29. The van der Waals surface area contributed by atoms with Gasteiger partial charge in [0.15, 0.2) is 0 Å². The van der Waals surface area contributed by atoms with E-state index in [1.165, 1.54) is 4.88 Å². The summed E-state index contributed by atoms with van der Waals surface area (Å²) >= 11 is 1.77. The van der Waals surface area contributed by atoms with Crippen LogP contribution in [0.25, 0.3) is 0 Å². The molecule has 0 spiro atoms. The van der Waals surface area contributed by atoms with Gasteiger partial charge in [-0.15, -0.1) is 11.3 Å². The van der Waals surface area contributed by atoms with Crippen LogP contribution in [0, 0.1) is 0 Å².